The first-order chi connectivity index (χ1) is 11.7. The molecule has 1 aliphatic carbocycles. The number of nitrogens with zero attached hydrogens (tertiary/aromatic N) is 1. The number of methoxy groups -OCH3 is 2. The van der Waals surface area contributed by atoms with Crippen LogP contribution in [0.5, 0.6) is 11.5 Å². The maximum Gasteiger partial charge on any atom is 0.146 e. The van der Waals surface area contributed by atoms with Crippen LogP contribution in [0.2, 0.25) is 0 Å². The summed E-state index contributed by atoms with van der Waals surface area (Å²) in [4.78, 5) is 2.34. The molecule has 0 aromatic heterocycles. The van der Waals surface area contributed by atoms with Crippen LogP contribution in [0.25, 0.3) is 0 Å². The van der Waals surface area contributed by atoms with Gasteiger partial charge in [0.1, 0.15) is 11.5 Å². The third-order valence-electron chi connectivity index (χ3n) is 4.79. The van der Waals surface area contributed by atoms with Crippen molar-refractivity contribution < 1.29 is 9.47 Å². The van der Waals surface area contributed by atoms with E-state index in [1.54, 1.807) is 14.2 Å². The summed E-state index contributed by atoms with van der Waals surface area (Å²) in [7, 11) is 3.36. The van der Waals surface area contributed by atoms with E-state index >= 15 is 0 Å². The highest BCUT2D eigenvalue weighted by molar-refractivity contribution is 5.71. The minimum Gasteiger partial charge on any atom is -0.497 e. The molecule has 128 valence electrons. The molecular weight excluding hydrogens is 300 g/mol. The third kappa shape index (κ3) is 3.34. The summed E-state index contributed by atoms with van der Waals surface area (Å²) >= 11 is 0. The van der Waals surface area contributed by atoms with Crippen molar-refractivity contribution in [3.05, 3.63) is 48.5 Å². The van der Waals surface area contributed by atoms with Crippen molar-refractivity contribution in [1.82, 2.24) is 0 Å². The molecule has 0 spiro atoms. The minimum absolute atomic E-state index is 0.158. The van der Waals surface area contributed by atoms with Crippen LogP contribution in [0.4, 0.5) is 11.4 Å². The van der Waals surface area contributed by atoms with Crippen molar-refractivity contribution >= 4 is 11.4 Å². The van der Waals surface area contributed by atoms with E-state index in [1.165, 1.54) is 12.8 Å². The Balaban J connectivity index is 2.08. The molecule has 2 aromatic carbocycles. The molecule has 1 aliphatic rings. The Bertz CT molecular complexity index is 660. The first-order valence-corrected chi connectivity index (χ1v) is 8.56. The van der Waals surface area contributed by atoms with Gasteiger partial charge in [0.05, 0.1) is 19.9 Å². The second-order valence-corrected chi connectivity index (χ2v) is 6.26. The van der Waals surface area contributed by atoms with Crippen LogP contribution in [0.3, 0.4) is 0 Å². The number of rotatable bonds is 5. The molecule has 24 heavy (non-hydrogen) atoms. The van der Waals surface area contributed by atoms with Crippen LogP contribution < -0.4 is 20.1 Å². The monoisotopic (exact) mass is 326 g/mol. The lowest BCUT2D eigenvalue weighted by molar-refractivity contribution is 0.372. The van der Waals surface area contributed by atoms with Gasteiger partial charge in [-0.15, -0.1) is 0 Å². The Kier molecular flexibility index (Phi) is 5.26. The van der Waals surface area contributed by atoms with Gasteiger partial charge in [-0.1, -0.05) is 31.0 Å². The van der Waals surface area contributed by atoms with E-state index in [1.807, 2.05) is 18.2 Å². The zero-order chi connectivity index (χ0) is 16.9. The summed E-state index contributed by atoms with van der Waals surface area (Å²) in [5, 5.41) is 0. The van der Waals surface area contributed by atoms with Crippen molar-refractivity contribution in [3.8, 4) is 11.5 Å². The van der Waals surface area contributed by atoms with Crippen LogP contribution in [-0.2, 0) is 0 Å². The molecule has 1 saturated carbocycles. The van der Waals surface area contributed by atoms with Gasteiger partial charge in [0.25, 0.3) is 0 Å². The number of anilines is 2. The van der Waals surface area contributed by atoms with Gasteiger partial charge < -0.3 is 20.1 Å². The van der Waals surface area contributed by atoms with Gasteiger partial charge in [-0.25, -0.2) is 0 Å². The normalized spacial score (nSPS) is 20.5. The van der Waals surface area contributed by atoms with Crippen LogP contribution in [0.1, 0.15) is 25.7 Å². The minimum atomic E-state index is 0.158. The predicted octanol–water partition coefficient (Wildman–Crippen LogP) is 4.11. The first kappa shape index (κ1) is 16.7. The molecule has 0 amide bonds. The van der Waals surface area contributed by atoms with Gasteiger partial charge >= 0.3 is 0 Å². The lowest BCUT2D eigenvalue weighted by atomic mass is 9.89. The van der Waals surface area contributed by atoms with Crippen LogP contribution in [-0.4, -0.2) is 26.3 Å². The Labute approximate surface area is 144 Å². The molecule has 1 fully saturated rings. The molecule has 0 bridgehead atoms. The molecule has 0 unspecified atom stereocenters. The quantitative estimate of drug-likeness (QED) is 0.898. The number of hydrogen-bond donors (Lipinski definition) is 1. The fourth-order valence-electron chi connectivity index (χ4n) is 3.54. The summed E-state index contributed by atoms with van der Waals surface area (Å²) in [6.45, 7) is 0. The van der Waals surface area contributed by atoms with Crippen molar-refractivity contribution in [2.24, 2.45) is 5.73 Å². The fraction of sp³-hybridized carbons (Fsp3) is 0.400. The van der Waals surface area contributed by atoms with Crippen molar-refractivity contribution in [2.75, 3.05) is 19.1 Å². The Morgan fingerprint density at radius 1 is 0.958 bits per heavy atom. The number of benzene rings is 2. The number of nitrogens with two attached hydrogens (primary N) is 1. The summed E-state index contributed by atoms with van der Waals surface area (Å²) in [6, 6.07) is 16.8. The maximum absolute atomic E-state index is 6.49. The second-order valence-electron chi connectivity index (χ2n) is 6.26. The Morgan fingerprint density at radius 2 is 1.71 bits per heavy atom. The summed E-state index contributed by atoms with van der Waals surface area (Å²) in [5.74, 6) is 1.59. The maximum atomic E-state index is 6.49. The third-order valence-corrected chi connectivity index (χ3v) is 4.79. The van der Waals surface area contributed by atoms with Crippen molar-refractivity contribution in [2.45, 2.75) is 37.8 Å². The molecule has 0 radical (unpaired) electrons. The molecule has 0 saturated heterocycles. The molecule has 0 heterocycles. The van der Waals surface area contributed by atoms with Gasteiger partial charge in [0, 0.05) is 23.8 Å². The summed E-state index contributed by atoms with van der Waals surface area (Å²) in [5.41, 5.74) is 8.67. The topological polar surface area (TPSA) is 47.7 Å². The van der Waals surface area contributed by atoms with Gasteiger partial charge in [-0.2, -0.15) is 0 Å². The fourth-order valence-corrected chi connectivity index (χ4v) is 3.54. The Hall–Kier alpha value is -2.20. The molecule has 3 rings (SSSR count). The van der Waals surface area contributed by atoms with Crippen LogP contribution in [0.15, 0.2) is 48.5 Å². The molecule has 4 nitrogen and oxygen atoms in total. The highest BCUT2D eigenvalue weighted by Gasteiger charge is 2.30. The van der Waals surface area contributed by atoms with E-state index in [4.69, 9.17) is 15.2 Å². The largest absolute Gasteiger partial charge is 0.497 e. The average molecular weight is 326 g/mol. The van der Waals surface area contributed by atoms with Gasteiger partial charge in [0.2, 0.25) is 0 Å². The van der Waals surface area contributed by atoms with E-state index in [-0.39, 0.29) is 12.1 Å². The number of hydrogen-bond acceptors (Lipinski definition) is 4. The lowest BCUT2D eigenvalue weighted by Crippen LogP contribution is -2.47. The summed E-state index contributed by atoms with van der Waals surface area (Å²) in [6.07, 6.45) is 4.57. The van der Waals surface area contributed by atoms with Gasteiger partial charge in [-0.05, 0) is 37.1 Å². The van der Waals surface area contributed by atoms with E-state index in [9.17, 15) is 0 Å². The van der Waals surface area contributed by atoms with Gasteiger partial charge in [-0.3, -0.25) is 0 Å². The molecular formula is C20H26N2O2. The molecule has 0 aliphatic heterocycles. The van der Waals surface area contributed by atoms with E-state index < -0.39 is 0 Å². The van der Waals surface area contributed by atoms with Gasteiger partial charge in [0.15, 0.2) is 0 Å². The highest BCUT2D eigenvalue weighted by atomic mass is 16.5. The standard InChI is InChI=1S/C20H26N2O2/c1-23-16-12-13-19(20(14-16)24-2)22(15-8-4-3-5-9-15)18-11-7-6-10-17(18)21/h3-5,8-9,12-14,17-18H,6-7,10-11,21H2,1-2H3/t17-,18-/m0/s1. The second kappa shape index (κ2) is 7.58. The first-order valence-electron chi connectivity index (χ1n) is 8.56. The molecule has 2 atom stereocenters. The predicted molar refractivity (Wildman–Crippen MR) is 98.4 cm³/mol. The van der Waals surface area contributed by atoms with Crippen molar-refractivity contribution in [1.29, 1.82) is 0 Å². The SMILES string of the molecule is COc1ccc(N(c2ccccc2)[C@H]2CCCC[C@@H]2N)c(OC)c1. The van der Waals surface area contributed by atoms with E-state index in [2.05, 4.69) is 35.2 Å². The van der Waals surface area contributed by atoms with Crippen LogP contribution >= 0.6 is 0 Å². The zero-order valence-corrected chi connectivity index (χ0v) is 14.4. The molecule has 4 heteroatoms. The average Bonchev–Trinajstić information content (AvgIpc) is 2.64. The zero-order valence-electron chi connectivity index (χ0n) is 14.4. The van der Waals surface area contributed by atoms with E-state index in [0.717, 1.165) is 35.7 Å². The smallest absolute Gasteiger partial charge is 0.146 e. The number of ether oxygens (including phenoxy) is 2. The lowest BCUT2D eigenvalue weighted by Gasteiger charge is -2.40. The number of para-hydroxylation sites is 1. The Morgan fingerprint density at radius 3 is 2.38 bits per heavy atom. The van der Waals surface area contributed by atoms with Crippen LogP contribution in [0, 0.1) is 0 Å². The summed E-state index contributed by atoms with van der Waals surface area (Å²) < 4.78 is 11.0. The van der Waals surface area contributed by atoms with E-state index in [0.29, 0.717) is 0 Å². The molecule has 2 aromatic rings. The highest BCUT2D eigenvalue weighted by Crippen LogP contribution is 2.40. The molecule has 2 N–H and O–H groups in total. The van der Waals surface area contributed by atoms with Crippen molar-refractivity contribution in [3.63, 3.8) is 0 Å².